The second-order valence-electron chi connectivity index (χ2n) is 5.10. The number of hydrogen-bond donors (Lipinski definition) is 2. The minimum Gasteiger partial charge on any atom is -0.356 e. The molecule has 1 aliphatic rings. The number of nitrogens with one attached hydrogen (secondary N) is 2. The minimum atomic E-state index is 0. The Morgan fingerprint density at radius 1 is 1.53 bits per heavy atom. The molecule has 1 aliphatic heterocycles. The number of amides is 1. The second kappa shape index (κ2) is 9.72. The van der Waals surface area contributed by atoms with E-state index in [0.29, 0.717) is 12.3 Å². The molecule has 17 heavy (non-hydrogen) atoms. The molecule has 0 radical (unpaired) electrons. The molecular weight excluding hydrogens is 236 g/mol. The summed E-state index contributed by atoms with van der Waals surface area (Å²) in [6, 6.07) is 0. The predicted molar refractivity (Wildman–Crippen MR) is 74.5 cm³/mol. The van der Waals surface area contributed by atoms with Gasteiger partial charge in [0.25, 0.3) is 0 Å². The summed E-state index contributed by atoms with van der Waals surface area (Å²) in [5, 5.41) is 6.38. The first-order chi connectivity index (χ1) is 7.72. The van der Waals surface area contributed by atoms with Gasteiger partial charge in [-0.25, -0.2) is 0 Å². The third-order valence-electron chi connectivity index (χ3n) is 3.35. The Balaban J connectivity index is 0.00000256. The van der Waals surface area contributed by atoms with E-state index in [9.17, 15) is 4.79 Å². The number of rotatable bonds is 7. The van der Waals surface area contributed by atoms with Crippen molar-refractivity contribution in [1.82, 2.24) is 10.6 Å². The fraction of sp³-hybridized carbons (Fsp3) is 0.923. The third-order valence-corrected chi connectivity index (χ3v) is 3.35. The summed E-state index contributed by atoms with van der Waals surface area (Å²) in [6.07, 6.45) is 5.40. The molecule has 0 bridgehead atoms. The van der Waals surface area contributed by atoms with Crippen LogP contribution in [0.25, 0.3) is 0 Å². The van der Waals surface area contributed by atoms with Gasteiger partial charge in [0.05, 0.1) is 0 Å². The summed E-state index contributed by atoms with van der Waals surface area (Å²) >= 11 is 0. The average Bonchev–Trinajstić information content (AvgIpc) is 2.70. The summed E-state index contributed by atoms with van der Waals surface area (Å²) < 4.78 is 0. The molecule has 0 aromatic carbocycles. The maximum atomic E-state index is 11.6. The molecule has 1 amide bonds. The Morgan fingerprint density at radius 3 is 2.88 bits per heavy atom. The first kappa shape index (κ1) is 16.7. The Bertz CT molecular complexity index is 206. The molecule has 1 saturated heterocycles. The Morgan fingerprint density at radius 2 is 2.29 bits per heavy atom. The SMILES string of the molecule is CCCC(C)CC(=O)NCCC1CCNC1.Cl. The van der Waals surface area contributed by atoms with Gasteiger partial charge in [-0.3, -0.25) is 4.79 Å². The van der Waals surface area contributed by atoms with E-state index in [1.807, 2.05) is 0 Å². The zero-order valence-corrected chi connectivity index (χ0v) is 11.9. The molecule has 102 valence electrons. The quantitative estimate of drug-likeness (QED) is 0.740. The zero-order chi connectivity index (χ0) is 11.8. The minimum absolute atomic E-state index is 0. The predicted octanol–water partition coefficient (Wildman–Crippen LogP) is 2.35. The molecule has 3 nitrogen and oxygen atoms in total. The first-order valence-corrected chi connectivity index (χ1v) is 6.69. The fourth-order valence-corrected chi connectivity index (χ4v) is 2.36. The van der Waals surface area contributed by atoms with Crippen molar-refractivity contribution in [3.8, 4) is 0 Å². The van der Waals surface area contributed by atoms with Gasteiger partial charge in [-0.05, 0) is 37.8 Å². The van der Waals surface area contributed by atoms with Crippen molar-refractivity contribution in [2.45, 2.75) is 46.0 Å². The van der Waals surface area contributed by atoms with Crippen molar-refractivity contribution in [3.05, 3.63) is 0 Å². The molecule has 4 heteroatoms. The number of halogens is 1. The highest BCUT2D eigenvalue weighted by atomic mass is 35.5. The van der Waals surface area contributed by atoms with Crippen LogP contribution in [0.15, 0.2) is 0 Å². The lowest BCUT2D eigenvalue weighted by Gasteiger charge is -2.12. The highest BCUT2D eigenvalue weighted by molar-refractivity contribution is 5.85. The van der Waals surface area contributed by atoms with Crippen LogP contribution in [0.5, 0.6) is 0 Å². The zero-order valence-electron chi connectivity index (χ0n) is 11.1. The number of carbonyl (C=O) groups is 1. The van der Waals surface area contributed by atoms with Crippen LogP contribution in [0.4, 0.5) is 0 Å². The normalized spacial score (nSPS) is 20.7. The van der Waals surface area contributed by atoms with E-state index < -0.39 is 0 Å². The molecule has 2 unspecified atom stereocenters. The van der Waals surface area contributed by atoms with Gasteiger partial charge >= 0.3 is 0 Å². The number of hydrogen-bond acceptors (Lipinski definition) is 2. The smallest absolute Gasteiger partial charge is 0.220 e. The summed E-state index contributed by atoms with van der Waals surface area (Å²) in [5.41, 5.74) is 0. The monoisotopic (exact) mass is 262 g/mol. The van der Waals surface area contributed by atoms with Gasteiger partial charge in [-0.1, -0.05) is 26.7 Å². The first-order valence-electron chi connectivity index (χ1n) is 6.69. The van der Waals surface area contributed by atoms with E-state index in [4.69, 9.17) is 0 Å². The fourth-order valence-electron chi connectivity index (χ4n) is 2.36. The van der Waals surface area contributed by atoms with Crippen LogP contribution in [0, 0.1) is 11.8 Å². The third kappa shape index (κ3) is 7.61. The van der Waals surface area contributed by atoms with Crippen molar-refractivity contribution in [3.63, 3.8) is 0 Å². The molecule has 0 aromatic rings. The lowest BCUT2D eigenvalue weighted by Crippen LogP contribution is -2.27. The van der Waals surface area contributed by atoms with Gasteiger partial charge in [0.2, 0.25) is 5.91 Å². The lowest BCUT2D eigenvalue weighted by molar-refractivity contribution is -0.121. The van der Waals surface area contributed by atoms with Crippen molar-refractivity contribution in [1.29, 1.82) is 0 Å². The molecule has 2 N–H and O–H groups in total. The summed E-state index contributed by atoms with van der Waals surface area (Å²) in [7, 11) is 0. The average molecular weight is 263 g/mol. The van der Waals surface area contributed by atoms with Crippen LogP contribution < -0.4 is 10.6 Å². The Kier molecular flexibility index (Phi) is 9.56. The second-order valence-corrected chi connectivity index (χ2v) is 5.10. The summed E-state index contributed by atoms with van der Waals surface area (Å²) in [5.74, 6) is 1.53. The maximum Gasteiger partial charge on any atom is 0.220 e. The molecule has 2 atom stereocenters. The van der Waals surface area contributed by atoms with Gasteiger partial charge in [0.15, 0.2) is 0 Å². The van der Waals surface area contributed by atoms with Crippen molar-refractivity contribution < 1.29 is 4.79 Å². The van der Waals surface area contributed by atoms with Crippen LogP contribution in [-0.2, 0) is 4.79 Å². The van der Waals surface area contributed by atoms with Crippen LogP contribution in [-0.4, -0.2) is 25.5 Å². The van der Waals surface area contributed by atoms with Crippen molar-refractivity contribution >= 4 is 18.3 Å². The van der Waals surface area contributed by atoms with Gasteiger partial charge in [0.1, 0.15) is 0 Å². The van der Waals surface area contributed by atoms with E-state index >= 15 is 0 Å². The molecule has 1 heterocycles. The molecule has 0 aliphatic carbocycles. The van der Waals surface area contributed by atoms with Gasteiger partial charge in [0, 0.05) is 13.0 Å². The molecular formula is C13H27ClN2O. The topological polar surface area (TPSA) is 41.1 Å². The van der Waals surface area contributed by atoms with E-state index in [2.05, 4.69) is 24.5 Å². The maximum absolute atomic E-state index is 11.6. The van der Waals surface area contributed by atoms with Gasteiger partial charge in [-0.2, -0.15) is 0 Å². The van der Waals surface area contributed by atoms with Crippen LogP contribution in [0.1, 0.15) is 46.0 Å². The van der Waals surface area contributed by atoms with Gasteiger partial charge in [-0.15, -0.1) is 12.4 Å². The number of carbonyl (C=O) groups excluding carboxylic acids is 1. The van der Waals surface area contributed by atoms with Crippen LogP contribution in [0.2, 0.25) is 0 Å². The van der Waals surface area contributed by atoms with E-state index in [1.54, 1.807) is 0 Å². The highest BCUT2D eigenvalue weighted by Gasteiger charge is 2.14. The summed E-state index contributed by atoms with van der Waals surface area (Å²) in [6.45, 7) is 7.45. The van der Waals surface area contributed by atoms with E-state index in [1.165, 1.54) is 12.8 Å². The van der Waals surface area contributed by atoms with Gasteiger partial charge < -0.3 is 10.6 Å². The molecule has 1 rings (SSSR count). The Hall–Kier alpha value is -0.280. The summed E-state index contributed by atoms with van der Waals surface area (Å²) in [4.78, 5) is 11.6. The molecule has 0 aromatic heterocycles. The van der Waals surface area contributed by atoms with E-state index in [-0.39, 0.29) is 18.3 Å². The standard InChI is InChI=1S/C13H26N2O.ClH/c1-3-4-11(2)9-13(16)15-8-6-12-5-7-14-10-12;/h11-12,14H,3-10H2,1-2H3,(H,15,16);1H. The lowest BCUT2D eigenvalue weighted by atomic mass is 10.0. The Labute approximate surface area is 112 Å². The highest BCUT2D eigenvalue weighted by Crippen LogP contribution is 2.12. The largest absolute Gasteiger partial charge is 0.356 e. The molecule has 0 saturated carbocycles. The van der Waals surface area contributed by atoms with Crippen LogP contribution >= 0.6 is 12.4 Å². The molecule has 1 fully saturated rings. The van der Waals surface area contributed by atoms with Crippen molar-refractivity contribution in [2.24, 2.45) is 11.8 Å². The van der Waals surface area contributed by atoms with Crippen molar-refractivity contribution in [2.75, 3.05) is 19.6 Å². The van der Waals surface area contributed by atoms with Crippen LogP contribution in [0.3, 0.4) is 0 Å². The molecule has 0 spiro atoms. The van der Waals surface area contributed by atoms with E-state index in [0.717, 1.165) is 38.4 Å².